The van der Waals surface area contributed by atoms with Crippen LogP contribution in [0.1, 0.15) is 59.2 Å². The van der Waals surface area contributed by atoms with Crippen LogP contribution in [0.5, 0.6) is 0 Å². The zero-order valence-electron chi connectivity index (χ0n) is 14.3. The Morgan fingerprint density at radius 2 is 1.64 bits per heavy atom. The lowest BCUT2D eigenvalue weighted by molar-refractivity contribution is 0.0693. The second-order valence-corrected chi connectivity index (χ2v) is 9.14. The quantitative estimate of drug-likeness (QED) is 0.756. The minimum atomic E-state index is -3.66. The van der Waals surface area contributed by atoms with Gasteiger partial charge >= 0.3 is 0 Å². The van der Waals surface area contributed by atoms with E-state index in [2.05, 4.69) is 0 Å². The van der Waals surface area contributed by atoms with E-state index in [4.69, 9.17) is 0 Å². The first-order chi connectivity index (χ1) is 11.9. The fourth-order valence-electron chi connectivity index (χ4n) is 4.51. The van der Waals surface area contributed by atoms with Crippen molar-refractivity contribution in [3.63, 3.8) is 0 Å². The first kappa shape index (κ1) is 16.7. The summed E-state index contributed by atoms with van der Waals surface area (Å²) in [7, 11) is -2.25. The summed E-state index contributed by atoms with van der Waals surface area (Å²) in [5, 5.41) is 0. The van der Waals surface area contributed by atoms with Gasteiger partial charge in [-0.1, -0.05) is 12.8 Å². The molecule has 2 heterocycles. The Hall–Kier alpha value is -1.73. The first-order valence-corrected chi connectivity index (χ1v) is 10.3. The van der Waals surface area contributed by atoms with E-state index < -0.39 is 15.9 Å². The van der Waals surface area contributed by atoms with E-state index in [-0.39, 0.29) is 28.0 Å². The third kappa shape index (κ3) is 2.52. The largest absolute Gasteiger partial charge is 0.277 e. The van der Waals surface area contributed by atoms with Crippen molar-refractivity contribution >= 4 is 21.8 Å². The predicted octanol–water partition coefficient (Wildman–Crippen LogP) is 2.26. The second-order valence-electron chi connectivity index (χ2n) is 7.25. The van der Waals surface area contributed by atoms with Crippen LogP contribution < -0.4 is 0 Å². The van der Waals surface area contributed by atoms with Crippen molar-refractivity contribution in [3.8, 4) is 0 Å². The van der Waals surface area contributed by atoms with Crippen molar-refractivity contribution in [3.05, 3.63) is 29.3 Å². The first-order valence-electron chi connectivity index (χ1n) is 8.89. The Balaban J connectivity index is 1.72. The van der Waals surface area contributed by atoms with E-state index in [1.165, 1.54) is 31.7 Å². The van der Waals surface area contributed by atoms with E-state index in [1.54, 1.807) is 4.31 Å². The molecular formula is C18H22N2O4S. The van der Waals surface area contributed by atoms with Gasteiger partial charge in [0.2, 0.25) is 10.0 Å². The van der Waals surface area contributed by atoms with Gasteiger partial charge in [-0.05, 0) is 49.8 Å². The van der Waals surface area contributed by atoms with Crippen LogP contribution in [0.15, 0.2) is 23.1 Å². The number of sulfonamides is 1. The number of hydrogen-bond donors (Lipinski definition) is 0. The van der Waals surface area contributed by atoms with Gasteiger partial charge in [0.05, 0.1) is 16.0 Å². The van der Waals surface area contributed by atoms with Crippen LogP contribution in [-0.4, -0.2) is 49.1 Å². The molecule has 0 bridgehead atoms. The van der Waals surface area contributed by atoms with E-state index in [0.29, 0.717) is 12.5 Å². The lowest BCUT2D eigenvalue weighted by Gasteiger charge is -2.43. The molecule has 2 atom stereocenters. The number of carbonyl (C=O) groups excluding carboxylic acids is 2. The minimum Gasteiger partial charge on any atom is -0.277 e. The molecule has 2 amide bonds. The number of piperidine rings is 1. The van der Waals surface area contributed by atoms with E-state index in [0.717, 1.165) is 37.0 Å². The molecule has 25 heavy (non-hydrogen) atoms. The molecule has 134 valence electrons. The summed E-state index contributed by atoms with van der Waals surface area (Å²) in [4.78, 5) is 25.3. The molecular weight excluding hydrogens is 340 g/mol. The Morgan fingerprint density at radius 1 is 0.960 bits per heavy atom. The third-order valence-electron chi connectivity index (χ3n) is 5.86. The standard InChI is InChI=1S/C18H22N2O4S/c1-19-17(21)14-9-8-13(11-15(14)18(19)22)25(23,24)20-10-4-6-12-5-2-3-7-16(12)20/h8-9,11-12,16H,2-7,10H2,1H3. The summed E-state index contributed by atoms with van der Waals surface area (Å²) < 4.78 is 28.1. The Bertz CT molecular complexity index is 847. The molecule has 1 saturated carbocycles. The average Bonchev–Trinajstić information content (AvgIpc) is 2.85. The highest BCUT2D eigenvalue weighted by molar-refractivity contribution is 7.89. The van der Waals surface area contributed by atoms with Gasteiger partial charge in [0.1, 0.15) is 0 Å². The summed E-state index contributed by atoms with van der Waals surface area (Å²) in [5.41, 5.74) is 0.464. The van der Waals surface area contributed by atoms with Gasteiger partial charge in [-0.25, -0.2) is 8.42 Å². The molecule has 0 radical (unpaired) electrons. The monoisotopic (exact) mass is 362 g/mol. The number of benzene rings is 1. The maximum Gasteiger partial charge on any atom is 0.261 e. The highest BCUT2D eigenvalue weighted by Gasteiger charge is 2.41. The van der Waals surface area contributed by atoms with Crippen molar-refractivity contribution < 1.29 is 18.0 Å². The zero-order chi connectivity index (χ0) is 17.8. The molecule has 1 aromatic carbocycles. The molecule has 0 aromatic heterocycles. The SMILES string of the molecule is CN1C(=O)c2ccc(S(=O)(=O)N3CCCC4CCCCC43)cc2C1=O. The Kier molecular flexibility index (Phi) is 3.96. The third-order valence-corrected chi connectivity index (χ3v) is 7.78. The van der Waals surface area contributed by atoms with Gasteiger partial charge in [-0.2, -0.15) is 4.31 Å². The number of carbonyl (C=O) groups is 2. The van der Waals surface area contributed by atoms with Gasteiger partial charge in [0.15, 0.2) is 0 Å². The maximum atomic E-state index is 13.2. The van der Waals surface area contributed by atoms with Crippen molar-refractivity contribution in [1.82, 2.24) is 9.21 Å². The molecule has 2 fully saturated rings. The van der Waals surface area contributed by atoms with Gasteiger partial charge < -0.3 is 0 Å². The normalized spacial score (nSPS) is 27.3. The molecule has 7 heteroatoms. The fraction of sp³-hybridized carbons (Fsp3) is 0.556. The molecule has 1 aliphatic carbocycles. The number of imide groups is 1. The molecule has 2 unspecified atom stereocenters. The van der Waals surface area contributed by atoms with Gasteiger partial charge in [0.25, 0.3) is 11.8 Å². The van der Waals surface area contributed by atoms with Crippen molar-refractivity contribution in [2.75, 3.05) is 13.6 Å². The fourth-order valence-corrected chi connectivity index (χ4v) is 6.29. The molecule has 3 aliphatic rings. The highest BCUT2D eigenvalue weighted by Crippen LogP contribution is 2.38. The molecule has 0 N–H and O–H groups in total. The van der Waals surface area contributed by atoms with Gasteiger partial charge in [0, 0.05) is 19.6 Å². The average molecular weight is 362 g/mol. The summed E-state index contributed by atoms with van der Waals surface area (Å²) in [6.07, 6.45) is 6.23. The van der Waals surface area contributed by atoms with Crippen molar-refractivity contribution in [1.29, 1.82) is 0 Å². The Morgan fingerprint density at radius 3 is 2.44 bits per heavy atom. The van der Waals surface area contributed by atoms with Crippen molar-refractivity contribution in [2.24, 2.45) is 5.92 Å². The highest BCUT2D eigenvalue weighted by atomic mass is 32.2. The van der Waals surface area contributed by atoms with Crippen LogP contribution in [0.4, 0.5) is 0 Å². The van der Waals surface area contributed by atoms with Gasteiger partial charge in [-0.15, -0.1) is 0 Å². The van der Waals surface area contributed by atoms with Crippen LogP contribution in [0.25, 0.3) is 0 Å². The smallest absolute Gasteiger partial charge is 0.261 e. The predicted molar refractivity (Wildman–Crippen MR) is 91.7 cm³/mol. The molecule has 4 rings (SSSR count). The zero-order valence-corrected chi connectivity index (χ0v) is 15.1. The number of fused-ring (bicyclic) bond motifs is 2. The molecule has 6 nitrogen and oxygen atoms in total. The maximum absolute atomic E-state index is 13.2. The summed E-state index contributed by atoms with van der Waals surface area (Å²) in [6.45, 7) is 0.535. The van der Waals surface area contributed by atoms with E-state index in [1.807, 2.05) is 0 Å². The summed E-state index contributed by atoms with van der Waals surface area (Å²) in [5.74, 6) is -0.374. The molecule has 2 aliphatic heterocycles. The molecule has 1 saturated heterocycles. The lowest BCUT2D eigenvalue weighted by atomic mass is 9.79. The van der Waals surface area contributed by atoms with Crippen LogP contribution in [0, 0.1) is 5.92 Å². The second kappa shape index (κ2) is 5.92. The Labute approximate surface area is 147 Å². The summed E-state index contributed by atoms with van der Waals surface area (Å²) in [6, 6.07) is 4.38. The topological polar surface area (TPSA) is 74.8 Å². The van der Waals surface area contributed by atoms with E-state index in [9.17, 15) is 18.0 Å². The lowest BCUT2D eigenvalue weighted by Crippen LogP contribution is -2.49. The van der Waals surface area contributed by atoms with Crippen LogP contribution in [0.3, 0.4) is 0 Å². The van der Waals surface area contributed by atoms with Crippen LogP contribution >= 0.6 is 0 Å². The molecule has 1 aromatic rings. The molecule has 0 spiro atoms. The number of nitrogens with zero attached hydrogens (tertiary/aromatic N) is 2. The van der Waals surface area contributed by atoms with Crippen LogP contribution in [-0.2, 0) is 10.0 Å². The van der Waals surface area contributed by atoms with Crippen LogP contribution in [0.2, 0.25) is 0 Å². The number of rotatable bonds is 2. The van der Waals surface area contributed by atoms with Crippen molar-refractivity contribution in [2.45, 2.75) is 49.5 Å². The van der Waals surface area contributed by atoms with E-state index >= 15 is 0 Å². The summed E-state index contributed by atoms with van der Waals surface area (Å²) >= 11 is 0. The number of hydrogen-bond acceptors (Lipinski definition) is 4. The minimum absolute atomic E-state index is 0.0701. The van der Waals surface area contributed by atoms with Gasteiger partial charge in [-0.3, -0.25) is 14.5 Å². The number of amides is 2.